The molecule has 88 valence electrons. The van der Waals surface area contributed by atoms with Crippen molar-refractivity contribution in [3.8, 4) is 0 Å². The fraction of sp³-hybridized carbons (Fsp3) is 0.714. The fourth-order valence-electron chi connectivity index (χ4n) is 0.774. The van der Waals surface area contributed by atoms with E-state index >= 15 is 0 Å². The Morgan fingerprint density at radius 1 is 1.33 bits per heavy atom. The molecule has 0 radical (unpaired) electrons. The van der Waals surface area contributed by atoms with Gasteiger partial charge in [0.2, 0.25) is 0 Å². The normalized spacial score (nSPS) is 13.3. The molecular weight excluding hydrogens is 219 g/mol. The number of hydrogen-bond donors (Lipinski definition) is 3. The Kier molecular flexibility index (Phi) is 5.06. The number of aliphatic hydroxyl groups excluding tert-OH is 1. The SMILES string of the molecule is O=C(O)CC[C@@H](CO)NC(=O)C(F)(F)F. The lowest BCUT2D eigenvalue weighted by molar-refractivity contribution is -0.174. The molecule has 3 N–H and O–H groups in total. The number of halogens is 3. The van der Waals surface area contributed by atoms with Crippen LogP contribution in [0.2, 0.25) is 0 Å². The first-order chi connectivity index (χ1) is 6.77. The van der Waals surface area contributed by atoms with Gasteiger partial charge in [0.25, 0.3) is 0 Å². The fourth-order valence-corrected chi connectivity index (χ4v) is 0.774. The zero-order valence-corrected chi connectivity index (χ0v) is 7.54. The van der Waals surface area contributed by atoms with Gasteiger partial charge in [0.15, 0.2) is 0 Å². The standard InChI is InChI=1S/C7H10F3NO4/c8-7(9,10)6(15)11-4(3-12)1-2-5(13)14/h4,12H,1-3H2,(H,11,15)(H,13,14)/t4-/m0/s1. The van der Waals surface area contributed by atoms with Crippen molar-refractivity contribution in [3.05, 3.63) is 0 Å². The van der Waals surface area contributed by atoms with Crippen LogP contribution in [0.15, 0.2) is 0 Å². The Balaban J connectivity index is 4.10. The Morgan fingerprint density at radius 3 is 2.20 bits per heavy atom. The Morgan fingerprint density at radius 2 is 1.87 bits per heavy atom. The number of alkyl halides is 3. The van der Waals surface area contributed by atoms with Crippen molar-refractivity contribution in [3.63, 3.8) is 0 Å². The summed E-state index contributed by atoms with van der Waals surface area (Å²) in [5.74, 6) is -3.40. The number of aliphatic carboxylic acids is 1. The van der Waals surface area contributed by atoms with E-state index in [1.807, 2.05) is 0 Å². The quantitative estimate of drug-likeness (QED) is 0.614. The van der Waals surface area contributed by atoms with Crippen LogP contribution in [0.3, 0.4) is 0 Å². The molecular formula is C7H10F3NO4. The Bertz CT molecular complexity index is 241. The van der Waals surface area contributed by atoms with Crippen molar-refractivity contribution >= 4 is 11.9 Å². The van der Waals surface area contributed by atoms with E-state index in [0.29, 0.717) is 0 Å². The first-order valence-corrected chi connectivity index (χ1v) is 3.97. The van der Waals surface area contributed by atoms with Crippen molar-refractivity contribution < 1.29 is 33.0 Å². The largest absolute Gasteiger partial charge is 0.481 e. The van der Waals surface area contributed by atoms with Gasteiger partial charge in [-0.05, 0) is 6.42 Å². The van der Waals surface area contributed by atoms with Crippen molar-refractivity contribution in [2.24, 2.45) is 0 Å². The minimum Gasteiger partial charge on any atom is -0.481 e. The predicted molar refractivity (Wildman–Crippen MR) is 41.9 cm³/mol. The first kappa shape index (κ1) is 13.7. The summed E-state index contributed by atoms with van der Waals surface area (Å²) in [7, 11) is 0. The summed E-state index contributed by atoms with van der Waals surface area (Å²) in [4.78, 5) is 20.5. The summed E-state index contributed by atoms with van der Waals surface area (Å²) in [6.07, 6.45) is -5.71. The highest BCUT2D eigenvalue weighted by Gasteiger charge is 2.39. The molecule has 0 heterocycles. The summed E-state index contributed by atoms with van der Waals surface area (Å²) >= 11 is 0. The molecule has 0 fully saturated rings. The lowest BCUT2D eigenvalue weighted by Crippen LogP contribution is -2.44. The van der Waals surface area contributed by atoms with E-state index in [1.54, 1.807) is 0 Å². The number of aliphatic hydroxyl groups is 1. The molecule has 0 unspecified atom stereocenters. The van der Waals surface area contributed by atoms with Crippen LogP contribution in [-0.4, -0.2) is 40.9 Å². The number of nitrogens with one attached hydrogen (secondary N) is 1. The minimum atomic E-state index is -5.03. The number of carboxylic acid groups (broad SMARTS) is 1. The third kappa shape index (κ3) is 5.89. The summed E-state index contributed by atoms with van der Waals surface area (Å²) in [6.45, 7) is -0.741. The number of hydrogen-bond acceptors (Lipinski definition) is 3. The molecule has 0 aromatic carbocycles. The van der Waals surface area contributed by atoms with Crippen LogP contribution in [-0.2, 0) is 9.59 Å². The van der Waals surface area contributed by atoms with E-state index in [9.17, 15) is 22.8 Å². The van der Waals surface area contributed by atoms with Gasteiger partial charge in [-0.15, -0.1) is 0 Å². The smallest absolute Gasteiger partial charge is 0.471 e. The van der Waals surface area contributed by atoms with Crippen LogP contribution >= 0.6 is 0 Å². The maximum absolute atomic E-state index is 11.7. The van der Waals surface area contributed by atoms with E-state index in [-0.39, 0.29) is 6.42 Å². The maximum atomic E-state index is 11.7. The van der Waals surface area contributed by atoms with Crippen LogP contribution in [0, 0.1) is 0 Å². The van der Waals surface area contributed by atoms with E-state index in [0.717, 1.165) is 0 Å². The highest BCUT2D eigenvalue weighted by molar-refractivity contribution is 5.82. The molecule has 5 nitrogen and oxygen atoms in total. The number of carboxylic acids is 1. The summed E-state index contributed by atoms with van der Waals surface area (Å²) in [5, 5.41) is 18.3. The van der Waals surface area contributed by atoms with Gasteiger partial charge in [-0.2, -0.15) is 13.2 Å². The first-order valence-electron chi connectivity index (χ1n) is 3.97. The number of carbonyl (C=O) groups excluding carboxylic acids is 1. The van der Waals surface area contributed by atoms with Gasteiger partial charge in [0.05, 0.1) is 12.6 Å². The Hall–Kier alpha value is -1.31. The van der Waals surface area contributed by atoms with E-state index in [1.165, 1.54) is 5.32 Å². The number of amides is 1. The lowest BCUT2D eigenvalue weighted by atomic mass is 10.1. The molecule has 0 aromatic heterocycles. The van der Waals surface area contributed by atoms with Crippen molar-refractivity contribution in [2.45, 2.75) is 25.1 Å². The number of carbonyl (C=O) groups is 2. The van der Waals surface area contributed by atoms with Gasteiger partial charge in [0.1, 0.15) is 0 Å². The van der Waals surface area contributed by atoms with Crippen molar-refractivity contribution in [1.29, 1.82) is 0 Å². The zero-order chi connectivity index (χ0) is 12.1. The third-order valence-electron chi connectivity index (χ3n) is 1.52. The van der Waals surface area contributed by atoms with Gasteiger partial charge in [-0.25, -0.2) is 0 Å². The van der Waals surface area contributed by atoms with E-state index in [4.69, 9.17) is 10.2 Å². The maximum Gasteiger partial charge on any atom is 0.471 e. The van der Waals surface area contributed by atoms with Crippen LogP contribution in [0.25, 0.3) is 0 Å². The summed E-state index contributed by atoms with van der Waals surface area (Å²) in [6, 6.07) is -1.20. The van der Waals surface area contributed by atoms with Gasteiger partial charge in [-0.1, -0.05) is 0 Å². The van der Waals surface area contributed by atoms with Gasteiger partial charge in [0, 0.05) is 6.42 Å². The van der Waals surface area contributed by atoms with Crippen molar-refractivity contribution in [1.82, 2.24) is 5.32 Å². The van der Waals surface area contributed by atoms with Crippen molar-refractivity contribution in [2.75, 3.05) is 6.61 Å². The minimum absolute atomic E-state index is 0.256. The molecule has 0 aliphatic rings. The van der Waals surface area contributed by atoms with Crippen LogP contribution in [0.5, 0.6) is 0 Å². The van der Waals surface area contributed by atoms with Gasteiger partial charge in [-0.3, -0.25) is 9.59 Å². The topological polar surface area (TPSA) is 86.6 Å². The lowest BCUT2D eigenvalue weighted by Gasteiger charge is -2.16. The molecule has 0 aliphatic carbocycles. The van der Waals surface area contributed by atoms with E-state index < -0.39 is 37.1 Å². The predicted octanol–water partition coefficient (Wildman–Crippen LogP) is -0.109. The molecule has 0 rings (SSSR count). The van der Waals surface area contributed by atoms with Crippen LogP contribution < -0.4 is 5.32 Å². The average molecular weight is 229 g/mol. The highest BCUT2D eigenvalue weighted by atomic mass is 19.4. The summed E-state index contributed by atoms with van der Waals surface area (Å²) < 4.78 is 35.2. The molecule has 0 aromatic rings. The second-order valence-electron chi connectivity index (χ2n) is 2.78. The molecule has 8 heteroatoms. The Labute approximate surface area is 82.9 Å². The molecule has 15 heavy (non-hydrogen) atoms. The molecule has 0 saturated heterocycles. The molecule has 0 bridgehead atoms. The van der Waals surface area contributed by atoms with Crippen LogP contribution in [0.4, 0.5) is 13.2 Å². The number of rotatable bonds is 5. The van der Waals surface area contributed by atoms with Crippen LogP contribution in [0.1, 0.15) is 12.8 Å². The molecule has 0 saturated carbocycles. The second-order valence-corrected chi connectivity index (χ2v) is 2.78. The average Bonchev–Trinajstić information content (AvgIpc) is 2.09. The highest BCUT2D eigenvalue weighted by Crippen LogP contribution is 2.14. The molecule has 1 atom stereocenters. The second kappa shape index (κ2) is 5.54. The van der Waals surface area contributed by atoms with E-state index in [2.05, 4.69) is 0 Å². The summed E-state index contributed by atoms with van der Waals surface area (Å²) in [5.41, 5.74) is 0. The molecule has 1 amide bonds. The van der Waals surface area contributed by atoms with Gasteiger partial charge < -0.3 is 15.5 Å². The van der Waals surface area contributed by atoms with Gasteiger partial charge >= 0.3 is 18.1 Å². The monoisotopic (exact) mass is 229 g/mol. The molecule has 0 aliphatic heterocycles. The molecule has 0 spiro atoms. The third-order valence-corrected chi connectivity index (χ3v) is 1.52. The zero-order valence-electron chi connectivity index (χ0n) is 7.54.